The lowest BCUT2D eigenvalue weighted by Gasteiger charge is -2.30. The van der Waals surface area contributed by atoms with E-state index in [0.29, 0.717) is 6.61 Å². The normalized spacial score (nSPS) is 21.9. The molecular weight excluding hydrogens is 322 g/mol. The minimum atomic E-state index is -0.144. The van der Waals surface area contributed by atoms with Crippen LogP contribution in [0.2, 0.25) is 0 Å². The van der Waals surface area contributed by atoms with Crippen LogP contribution in [0, 0.1) is 6.92 Å². The number of nitrogens with one attached hydrogen (secondary N) is 2. The fourth-order valence-corrected chi connectivity index (χ4v) is 3.66. The lowest BCUT2D eigenvalue weighted by molar-refractivity contribution is 0.00222. The highest BCUT2D eigenvalue weighted by Crippen LogP contribution is 2.28. The van der Waals surface area contributed by atoms with Crippen LogP contribution < -0.4 is 10.6 Å². The standard InChI is InChI=1S/C18H23N3O2S/c1-12-11-19-17(24-12)13(2)20-18(22)21-15-8-9-23-16(10-15)14-6-4-3-5-7-14/h3-7,11,13,15-16H,8-10H2,1-2H3,(H2,20,21,22)/t13-,15+,16-/m0/s1. The number of hydrogen-bond donors (Lipinski definition) is 2. The fraction of sp³-hybridized carbons (Fsp3) is 0.444. The molecule has 6 heteroatoms. The highest BCUT2D eigenvalue weighted by Gasteiger charge is 2.25. The fourth-order valence-electron chi connectivity index (χ4n) is 2.89. The zero-order valence-corrected chi connectivity index (χ0v) is 14.8. The minimum absolute atomic E-state index is 0.0456. The van der Waals surface area contributed by atoms with Crippen molar-refractivity contribution in [3.05, 3.63) is 52.0 Å². The average molecular weight is 345 g/mol. The molecular formula is C18H23N3O2S. The smallest absolute Gasteiger partial charge is 0.315 e. The maximum absolute atomic E-state index is 12.3. The monoisotopic (exact) mass is 345 g/mol. The van der Waals surface area contributed by atoms with Crippen molar-refractivity contribution in [1.29, 1.82) is 0 Å². The number of aryl methyl sites for hydroxylation is 1. The summed E-state index contributed by atoms with van der Waals surface area (Å²) in [4.78, 5) is 17.7. The molecule has 0 unspecified atom stereocenters. The number of amides is 2. The van der Waals surface area contributed by atoms with Crippen LogP contribution in [0.1, 0.15) is 47.4 Å². The summed E-state index contributed by atoms with van der Waals surface area (Å²) in [6.07, 6.45) is 3.51. The van der Waals surface area contributed by atoms with Gasteiger partial charge in [-0.2, -0.15) is 0 Å². The first-order valence-corrected chi connectivity index (χ1v) is 9.09. The Kier molecular flexibility index (Phi) is 5.48. The minimum Gasteiger partial charge on any atom is -0.373 e. The lowest BCUT2D eigenvalue weighted by Crippen LogP contribution is -2.45. The Morgan fingerprint density at radius 1 is 1.38 bits per heavy atom. The van der Waals surface area contributed by atoms with Gasteiger partial charge in [0.25, 0.3) is 0 Å². The van der Waals surface area contributed by atoms with Crippen LogP contribution in [0.15, 0.2) is 36.5 Å². The maximum Gasteiger partial charge on any atom is 0.315 e. The van der Waals surface area contributed by atoms with Crippen LogP contribution in [0.5, 0.6) is 0 Å². The summed E-state index contributed by atoms with van der Waals surface area (Å²) in [5.41, 5.74) is 1.16. The summed E-state index contributed by atoms with van der Waals surface area (Å²) in [5.74, 6) is 0. The Balaban J connectivity index is 1.52. The molecule has 3 atom stereocenters. The molecule has 24 heavy (non-hydrogen) atoms. The van der Waals surface area contributed by atoms with Gasteiger partial charge in [-0.1, -0.05) is 30.3 Å². The van der Waals surface area contributed by atoms with Gasteiger partial charge in [0.2, 0.25) is 0 Å². The molecule has 1 saturated heterocycles. The van der Waals surface area contributed by atoms with Crippen LogP contribution in [0.3, 0.4) is 0 Å². The first kappa shape index (κ1) is 16.9. The van der Waals surface area contributed by atoms with E-state index in [-0.39, 0.29) is 24.2 Å². The number of thiazole rings is 1. The number of hydrogen-bond acceptors (Lipinski definition) is 4. The van der Waals surface area contributed by atoms with Crippen molar-refractivity contribution < 1.29 is 9.53 Å². The predicted molar refractivity (Wildman–Crippen MR) is 95.1 cm³/mol. The van der Waals surface area contributed by atoms with Crippen molar-refractivity contribution in [2.24, 2.45) is 0 Å². The van der Waals surface area contributed by atoms with Gasteiger partial charge in [0.15, 0.2) is 0 Å². The molecule has 2 aromatic rings. The third kappa shape index (κ3) is 4.33. The van der Waals surface area contributed by atoms with Crippen molar-refractivity contribution >= 4 is 17.4 Å². The van der Waals surface area contributed by atoms with Crippen LogP contribution in [0.25, 0.3) is 0 Å². The molecule has 1 aliphatic rings. The molecule has 0 saturated carbocycles. The van der Waals surface area contributed by atoms with Gasteiger partial charge in [0, 0.05) is 23.7 Å². The number of carbonyl (C=O) groups is 1. The Bertz CT molecular complexity index is 674. The number of benzene rings is 1. The lowest BCUT2D eigenvalue weighted by atomic mass is 9.97. The highest BCUT2D eigenvalue weighted by molar-refractivity contribution is 7.11. The van der Waals surface area contributed by atoms with Gasteiger partial charge in [-0.3, -0.25) is 0 Å². The van der Waals surface area contributed by atoms with Crippen molar-refractivity contribution in [3.63, 3.8) is 0 Å². The highest BCUT2D eigenvalue weighted by atomic mass is 32.1. The third-order valence-corrected chi connectivity index (χ3v) is 5.24. The van der Waals surface area contributed by atoms with Gasteiger partial charge < -0.3 is 15.4 Å². The molecule has 2 heterocycles. The predicted octanol–water partition coefficient (Wildman–Crippen LogP) is 3.73. The number of rotatable bonds is 4. The summed E-state index contributed by atoms with van der Waals surface area (Å²) in [6, 6.07) is 10.0. The second-order valence-electron chi connectivity index (χ2n) is 6.14. The maximum atomic E-state index is 12.3. The first-order valence-electron chi connectivity index (χ1n) is 8.27. The molecule has 0 radical (unpaired) electrons. The molecule has 0 bridgehead atoms. The van der Waals surface area contributed by atoms with Gasteiger partial charge in [-0.25, -0.2) is 9.78 Å². The largest absolute Gasteiger partial charge is 0.373 e. The van der Waals surface area contributed by atoms with E-state index >= 15 is 0 Å². The number of aromatic nitrogens is 1. The number of urea groups is 1. The topological polar surface area (TPSA) is 63.2 Å². The van der Waals surface area contributed by atoms with E-state index in [1.54, 1.807) is 11.3 Å². The molecule has 1 aliphatic heterocycles. The Labute approximate surface area is 146 Å². The number of nitrogens with zero attached hydrogens (tertiary/aromatic N) is 1. The summed E-state index contributed by atoms with van der Waals surface area (Å²) >= 11 is 1.61. The Morgan fingerprint density at radius 3 is 2.88 bits per heavy atom. The first-order chi connectivity index (χ1) is 11.6. The zero-order valence-electron chi connectivity index (χ0n) is 14.0. The summed E-state index contributed by atoms with van der Waals surface area (Å²) in [5, 5.41) is 6.97. The quantitative estimate of drug-likeness (QED) is 0.887. The second-order valence-corrected chi connectivity index (χ2v) is 7.41. The van der Waals surface area contributed by atoms with Crippen molar-refractivity contribution in [3.8, 4) is 0 Å². The van der Waals surface area contributed by atoms with E-state index < -0.39 is 0 Å². The Hall–Kier alpha value is -1.92. The summed E-state index contributed by atoms with van der Waals surface area (Å²) in [6.45, 7) is 4.63. The molecule has 1 fully saturated rings. The molecule has 3 rings (SSSR count). The zero-order chi connectivity index (χ0) is 16.9. The molecule has 0 aliphatic carbocycles. The number of ether oxygens (including phenoxy) is 1. The van der Waals surface area contributed by atoms with Crippen LogP contribution in [-0.2, 0) is 4.74 Å². The van der Waals surface area contributed by atoms with E-state index in [9.17, 15) is 4.79 Å². The van der Waals surface area contributed by atoms with Crippen LogP contribution >= 0.6 is 11.3 Å². The van der Waals surface area contributed by atoms with Gasteiger partial charge in [0.1, 0.15) is 5.01 Å². The van der Waals surface area contributed by atoms with Crippen molar-refractivity contribution in [2.45, 2.75) is 44.9 Å². The van der Waals surface area contributed by atoms with E-state index in [1.807, 2.05) is 38.2 Å². The third-order valence-electron chi connectivity index (χ3n) is 4.15. The summed E-state index contributed by atoms with van der Waals surface area (Å²) in [7, 11) is 0. The van der Waals surface area contributed by atoms with E-state index in [0.717, 1.165) is 28.3 Å². The van der Waals surface area contributed by atoms with Gasteiger partial charge in [0.05, 0.1) is 12.1 Å². The Morgan fingerprint density at radius 2 is 2.17 bits per heavy atom. The molecule has 1 aromatic carbocycles. The summed E-state index contributed by atoms with van der Waals surface area (Å²) < 4.78 is 5.85. The SMILES string of the molecule is Cc1cnc([C@H](C)NC(=O)N[C@@H]2CCO[C@H](c3ccccc3)C2)s1. The molecule has 2 amide bonds. The van der Waals surface area contributed by atoms with Crippen LogP contribution in [-0.4, -0.2) is 23.7 Å². The number of carbonyl (C=O) groups excluding carboxylic acids is 1. The van der Waals surface area contributed by atoms with Crippen LogP contribution in [0.4, 0.5) is 4.79 Å². The van der Waals surface area contributed by atoms with Gasteiger partial charge in [-0.15, -0.1) is 11.3 Å². The van der Waals surface area contributed by atoms with Gasteiger partial charge in [-0.05, 0) is 32.3 Å². The van der Waals surface area contributed by atoms with Crippen molar-refractivity contribution in [2.75, 3.05) is 6.61 Å². The second kappa shape index (κ2) is 7.77. The molecule has 1 aromatic heterocycles. The van der Waals surface area contributed by atoms with Crippen molar-refractivity contribution in [1.82, 2.24) is 15.6 Å². The van der Waals surface area contributed by atoms with E-state index in [1.165, 1.54) is 0 Å². The van der Waals surface area contributed by atoms with E-state index in [4.69, 9.17) is 4.74 Å². The molecule has 128 valence electrons. The molecule has 2 N–H and O–H groups in total. The molecule has 0 spiro atoms. The van der Waals surface area contributed by atoms with E-state index in [2.05, 4.69) is 27.8 Å². The van der Waals surface area contributed by atoms with Gasteiger partial charge >= 0.3 is 6.03 Å². The average Bonchev–Trinajstić information content (AvgIpc) is 3.02. The molecule has 5 nitrogen and oxygen atoms in total.